The number of alkyl halides is 3. The van der Waals surface area contributed by atoms with Crippen LogP contribution in [0.2, 0.25) is 0 Å². The van der Waals surface area contributed by atoms with E-state index >= 15 is 0 Å². The third-order valence-electron chi connectivity index (χ3n) is 5.03. The quantitative estimate of drug-likeness (QED) is 0.278. The normalized spacial score (nSPS) is 20.7. The second-order valence-electron chi connectivity index (χ2n) is 8.97. The number of ether oxygens (including phenoxy) is 2. The zero-order chi connectivity index (χ0) is 23.8. The molecule has 0 bridgehead atoms. The fourth-order valence-electron chi connectivity index (χ4n) is 3.44. The van der Waals surface area contributed by atoms with E-state index in [2.05, 4.69) is 5.92 Å². The molecule has 0 amide bonds. The summed E-state index contributed by atoms with van der Waals surface area (Å²) in [5.41, 5.74) is -2.83. The van der Waals surface area contributed by atoms with E-state index < -0.39 is 59.1 Å². The third-order valence-corrected chi connectivity index (χ3v) is 5.03. The number of nitrogens with zero attached hydrogens (tertiary/aromatic N) is 1. The summed E-state index contributed by atoms with van der Waals surface area (Å²) in [6, 6.07) is 1.19. The summed E-state index contributed by atoms with van der Waals surface area (Å²) in [5, 5.41) is 0. The van der Waals surface area contributed by atoms with Gasteiger partial charge in [-0.1, -0.05) is 19.8 Å². The van der Waals surface area contributed by atoms with E-state index in [1.54, 1.807) is 34.6 Å². The standard InChI is InChI=1S/C22H25F4NO4/c1-7-9-27-10-8-13(17(27)22(24,25)26)12-30-19(29)16-14(21(16,5)6)11-15(23)18(28)31-20(2,3)4/h1,8,10-11,14,16H,9,12H2,2-6H3/b15-11+/t14-,16-/m1/s1. The van der Waals surface area contributed by atoms with Gasteiger partial charge in [0.1, 0.15) is 17.9 Å². The van der Waals surface area contributed by atoms with Crippen molar-refractivity contribution in [2.24, 2.45) is 17.3 Å². The third kappa shape index (κ3) is 5.69. The molecule has 2 rings (SSSR count). The highest BCUT2D eigenvalue weighted by molar-refractivity contribution is 5.87. The second kappa shape index (κ2) is 8.40. The van der Waals surface area contributed by atoms with Gasteiger partial charge in [-0.05, 0) is 44.2 Å². The Morgan fingerprint density at radius 3 is 2.42 bits per heavy atom. The Morgan fingerprint density at radius 1 is 1.29 bits per heavy atom. The Labute approximate surface area is 178 Å². The van der Waals surface area contributed by atoms with Crippen molar-refractivity contribution in [3.8, 4) is 12.3 Å². The Kier molecular flexibility index (Phi) is 6.64. The molecular weight excluding hydrogens is 418 g/mol. The van der Waals surface area contributed by atoms with Crippen LogP contribution in [0.3, 0.4) is 0 Å². The van der Waals surface area contributed by atoms with Gasteiger partial charge >= 0.3 is 18.1 Å². The molecule has 1 aliphatic carbocycles. The molecule has 2 atom stereocenters. The number of esters is 2. The van der Waals surface area contributed by atoms with Gasteiger partial charge < -0.3 is 14.0 Å². The zero-order valence-electron chi connectivity index (χ0n) is 18.0. The molecule has 0 radical (unpaired) electrons. The molecule has 170 valence electrons. The first-order chi connectivity index (χ1) is 14.1. The minimum atomic E-state index is -4.68. The van der Waals surface area contributed by atoms with E-state index in [0.717, 1.165) is 10.6 Å². The predicted octanol–water partition coefficient (Wildman–Crippen LogP) is 4.65. The van der Waals surface area contributed by atoms with Crippen molar-refractivity contribution < 1.29 is 36.6 Å². The van der Waals surface area contributed by atoms with Gasteiger partial charge in [-0.15, -0.1) is 6.42 Å². The Balaban J connectivity index is 2.10. The molecule has 1 aromatic rings. The van der Waals surface area contributed by atoms with Gasteiger partial charge in [-0.25, -0.2) is 4.79 Å². The van der Waals surface area contributed by atoms with Gasteiger partial charge in [0.15, 0.2) is 0 Å². The molecule has 31 heavy (non-hydrogen) atoms. The molecule has 0 spiro atoms. The summed E-state index contributed by atoms with van der Waals surface area (Å²) in [6.07, 6.45) is 2.60. The zero-order valence-corrected chi connectivity index (χ0v) is 18.0. The molecule has 0 aromatic carbocycles. The van der Waals surface area contributed by atoms with Crippen molar-refractivity contribution in [1.29, 1.82) is 0 Å². The number of halogens is 4. The first kappa shape index (κ1) is 24.5. The topological polar surface area (TPSA) is 57.5 Å². The minimum Gasteiger partial charge on any atom is -0.460 e. The molecule has 1 aliphatic rings. The maximum Gasteiger partial charge on any atom is 0.431 e. The van der Waals surface area contributed by atoms with Crippen LogP contribution >= 0.6 is 0 Å². The SMILES string of the molecule is C#CCn1ccc(COC(=O)[C@H]2[C@@H](/C=C(/F)C(=O)OC(C)(C)C)C2(C)C)c1C(F)(F)F. The molecular formula is C22H25F4NO4. The number of terminal acetylenes is 1. The molecule has 0 unspecified atom stereocenters. The van der Waals surface area contributed by atoms with Crippen molar-refractivity contribution >= 4 is 11.9 Å². The van der Waals surface area contributed by atoms with Crippen LogP contribution in [0.15, 0.2) is 24.2 Å². The van der Waals surface area contributed by atoms with Gasteiger partial charge in [0, 0.05) is 11.8 Å². The molecule has 1 fully saturated rings. The summed E-state index contributed by atoms with van der Waals surface area (Å²) in [6.45, 7) is 7.22. The van der Waals surface area contributed by atoms with Crippen LogP contribution in [-0.2, 0) is 38.4 Å². The number of aromatic nitrogens is 1. The van der Waals surface area contributed by atoms with Gasteiger partial charge in [-0.3, -0.25) is 4.79 Å². The van der Waals surface area contributed by atoms with Gasteiger partial charge in [0.25, 0.3) is 0 Å². The Bertz CT molecular complexity index is 929. The average Bonchev–Trinajstić information content (AvgIpc) is 2.94. The molecule has 9 heteroatoms. The summed E-state index contributed by atoms with van der Waals surface area (Å²) < 4.78 is 65.2. The van der Waals surface area contributed by atoms with Crippen LogP contribution in [0.5, 0.6) is 0 Å². The molecule has 1 heterocycles. The lowest BCUT2D eigenvalue weighted by atomic mass is 10.1. The van der Waals surface area contributed by atoms with Gasteiger partial charge in [0.05, 0.1) is 12.5 Å². The van der Waals surface area contributed by atoms with Crippen LogP contribution < -0.4 is 0 Å². The van der Waals surface area contributed by atoms with Crippen LogP contribution in [0.4, 0.5) is 17.6 Å². The highest BCUT2D eigenvalue weighted by Gasteiger charge is 2.62. The molecule has 1 saturated carbocycles. The number of hydrogen-bond acceptors (Lipinski definition) is 4. The minimum absolute atomic E-state index is 0.235. The van der Waals surface area contributed by atoms with E-state index in [0.29, 0.717) is 0 Å². The molecule has 0 N–H and O–H groups in total. The Morgan fingerprint density at radius 2 is 1.90 bits per heavy atom. The number of rotatable bonds is 6. The van der Waals surface area contributed by atoms with Crippen molar-refractivity contribution in [2.45, 2.75) is 59.5 Å². The molecule has 0 aliphatic heterocycles. The number of hydrogen-bond donors (Lipinski definition) is 0. The molecule has 5 nitrogen and oxygen atoms in total. The number of allylic oxidation sites excluding steroid dienone is 1. The summed E-state index contributed by atoms with van der Waals surface area (Å²) in [7, 11) is 0. The maximum atomic E-state index is 14.2. The van der Waals surface area contributed by atoms with E-state index in [4.69, 9.17) is 15.9 Å². The largest absolute Gasteiger partial charge is 0.460 e. The fraction of sp³-hybridized carbons (Fsp3) is 0.545. The first-order valence-electron chi connectivity index (χ1n) is 9.55. The maximum absolute atomic E-state index is 14.2. The number of carbonyl (C=O) groups excluding carboxylic acids is 2. The monoisotopic (exact) mass is 443 g/mol. The van der Waals surface area contributed by atoms with E-state index in [9.17, 15) is 27.2 Å². The van der Waals surface area contributed by atoms with Crippen LogP contribution in [-0.4, -0.2) is 22.1 Å². The smallest absolute Gasteiger partial charge is 0.431 e. The van der Waals surface area contributed by atoms with Crippen LogP contribution in [0, 0.1) is 29.6 Å². The van der Waals surface area contributed by atoms with Crippen LogP contribution in [0.1, 0.15) is 45.9 Å². The van der Waals surface area contributed by atoms with Crippen LogP contribution in [0.25, 0.3) is 0 Å². The van der Waals surface area contributed by atoms with Gasteiger partial charge in [-0.2, -0.15) is 17.6 Å². The second-order valence-corrected chi connectivity index (χ2v) is 8.97. The average molecular weight is 443 g/mol. The molecule has 1 aromatic heterocycles. The fourth-order valence-corrected chi connectivity index (χ4v) is 3.44. The summed E-state index contributed by atoms with van der Waals surface area (Å²) >= 11 is 0. The van der Waals surface area contributed by atoms with E-state index in [-0.39, 0.29) is 12.1 Å². The lowest BCUT2D eigenvalue weighted by Gasteiger charge is -2.18. The van der Waals surface area contributed by atoms with Crippen molar-refractivity contribution in [2.75, 3.05) is 0 Å². The highest BCUT2D eigenvalue weighted by atomic mass is 19.4. The lowest BCUT2D eigenvalue weighted by molar-refractivity contribution is -0.152. The van der Waals surface area contributed by atoms with Crippen molar-refractivity contribution in [3.05, 3.63) is 35.4 Å². The first-order valence-corrected chi connectivity index (χ1v) is 9.55. The lowest BCUT2D eigenvalue weighted by Crippen LogP contribution is -2.24. The van der Waals surface area contributed by atoms with E-state index in [1.165, 1.54) is 12.3 Å². The van der Waals surface area contributed by atoms with E-state index in [1.807, 2.05) is 0 Å². The van der Waals surface area contributed by atoms with Crippen molar-refractivity contribution in [3.63, 3.8) is 0 Å². The highest BCUT2D eigenvalue weighted by Crippen LogP contribution is 2.60. The predicted molar refractivity (Wildman–Crippen MR) is 104 cm³/mol. The van der Waals surface area contributed by atoms with Gasteiger partial charge in [0.2, 0.25) is 5.83 Å². The summed E-state index contributed by atoms with van der Waals surface area (Å²) in [5.74, 6) is -2.37. The van der Waals surface area contributed by atoms with Crippen molar-refractivity contribution in [1.82, 2.24) is 4.57 Å². The summed E-state index contributed by atoms with van der Waals surface area (Å²) in [4.78, 5) is 24.3. The molecule has 0 saturated heterocycles. The number of carbonyl (C=O) groups is 2. The Hall–Kier alpha value is -2.76.